The highest BCUT2D eigenvalue weighted by atomic mass is 16.5. The molecule has 0 N–H and O–H groups in total. The molecule has 2 aromatic rings. The number of carbonyl (C=O) groups excluding carboxylic acids is 1. The molecule has 1 saturated heterocycles. The van der Waals surface area contributed by atoms with E-state index < -0.39 is 0 Å². The highest BCUT2D eigenvalue weighted by Crippen LogP contribution is 2.17. The number of rotatable bonds is 7. The van der Waals surface area contributed by atoms with Gasteiger partial charge in [-0.25, -0.2) is 0 Å². The lowest BCUT2D eigenvalue weighted by molar-refractivity contribution is -0.135. The number of methoxy groups -OCH3 is 1. The third-order valence-corrected chi connectivity index (χ3v) is 4.35. The van der Waals surface area contributed by atoms with Gasteiger partial charge in [-0.3, -0.25) is 4.79 Å². The fraction of sp³-hybridized carbons (Fsp3) is 0.500. The lowest BCUT2D eigenvalue weighted by Crippen LogP contribution is -2.43. The molecule has 0 saturated carbocycles. The molecule has 2 heterocycles. The molecule has 0 radical (unpaired) electrons. The van der Waals surface area contributed by atoms with E-state index in [1.165, 1.54) is 6.39 Å². The molecule has 1 aliphatic rings. The van der Waals surface area contributed by atoms with Crippen molar-refractivity contribution < 1.29 is 18.8 Å². The maximum Gasteiger partial charge on any atom is 0.222 e. The van der Waals surface area contributed by atoms with E-state index in [4.69, 9.17) is 9.47 Å². The number of nitrogens with zero attached hydrogens (tertiary/aromatic N) is 3. The van der Waals surface area contributed by atoms with Crippen LogP contribution in [0.25, 0.3) is 0 Å². The zero-order valence-electron chi connectivity index (χ0n) is 14.4. The smallest absolute Gasteiger partial charge is 0.222 e. The molecule has 0 aliphatic carbocycles. The number of benzene rings is 1. The Labute approximate surface area is 146 Å². The first-order chi connectivity index (χ1) is 12.2. The van der Waals surface area contributed by atoms with Gasteiger partial charge in [0.25, 0.3) is 0 Å². The molecule has 134 valence electrons. The van der Waals surface area contributed by atoms with E-state index in [0.29, 0.717) is 31.8 Å². The van der Waals surface area contributed by atoms with Gasteiger partial charge in [0.15, 0.2) is 5.82 Å². The Morgan fingerprint density at radius 1 is 1.44 bits per heavy atom. The number of carbonyl (C=O) groups is 1. The maximum atomic E-state index is 12.5. The number of ether oxygens (including phenoxy) is 2. The van der Waals surface area contributed by atoms with Gasteiger partial charge in [0.05, 0.1) is 13.2 Å². The fourth-order valence-corrected chi connectivity index (χ4v) is 2.99. The van der Waals surface area contributed by atoms with Crippen LogP contribution in [0, 0.1) is 0 Å². The first-order valence-corrected chi connectivity index (χ1v) is 8.52. The van der Waals surface area contributed by atoms with E-state index in [9.17, 15) is 4.79 Å². The summed E-state index contributed by atoms with van der Waals surface area (Å²) in [6, 6.07) is 7.84. The van der Waals surface area contributed by atoms with Crippen molar-refractivity contribution in [2.24, 2.45) is 0 Å². The molecule has 0 bridgehead atoms. The highest BCUT2D eigenvalue weighted by Gasteiger charge is 2.24. The number of hydrogen-bond donors (Lipinski definition) is 0. The zero-order valence-corrected chi connectivity index (χ0v) is 14.4. The van der Waals surface area contributed by atoms with Crippen LogP contribution in [0.15, 0.2) is 35.2 Å². The molecule has 1 atom stereocenters. The summed E-state index contributed by atoms with van der Waals surface area (Å²) in [4.78, 5) is 18.3. The van der Waals surface area contributed by atoms with Crippen LogP contribution in [0.5, 0.6) is 5.75 Å². The average Bonchev–Trinajstić information content (AvgIpc) is 3.18. The molecule has 1 fully saturated rings. The SMILES string of the molecule is COc1cccc(CCC(=O)N2CCCC(OCc3ncon3)C2)c1. The fourth-order valence-electron chi connectivity index (χ4n) is 2.99. The third-order valence-electron chi connectivity index (χ3n) is 4.35. The molecule has 0 spiro atoms. The number of amides is 1. The zero-order chi connectivity index (χ0) is 17.5. The molecule has 7 heteroatoms. The first kappa shape index (κ1) is 17.4. The Balaban J connectivity index is 1.46. The van der Waals surface area contributed by atoms with Crippen LogP contribution >= 0.6 is 0 Å². The van der Waals surface area contributed by atoms with Crippen molar-refractivity contribution in [2.75, 3.05) is 20.2 Å². The number of piperidine rings is 1. The van der Waals surface area contributed by atoms with Crippen LogP contribution in [0.3, 0.4) is 0 Å². The van der Waals surface area contributed by atoms with Crippen LogP contribution in [-0.2, 0) is 22.6 Å². The Hall–Kier alpha value is -2.41. The minimum absolute atomic E-state index is 0.0213. The monoisotopic (exact) mass is 345 g/mol. The van der Waals surface area contributed by atoms with Crippen molar-refractivity contribution in [3.05, 3.63) is 42.0 Å². The predicted octanol–water partition coefficient (Wildman–Crippen LogP) is 2.22. The van der Waals surface area contributed by atoms with Gasteiger partial charge in [0, 0.05) is 19.5 Å². The van der Waals surface area contributed by atoms with E-state index in [1.807, 2.05) is 29.2 Å². The molecule has 1 aromatic heterocycles. The average molecular weight is 345 g/mol. The van der Waals surface area contributed by atoms with Crippen LogP contribution < -0.4 is 4.74 Å². The second-order valence-electron chi connectivity index (χ2n) is 6.11. The van der Waals surface area contributed by atoms with E-state index >= 15 is 0 Å². The Kier molecular flexibility index (Phi) is 6.00. The Morgan fingerprint density at radius 2 is 2.36 bits per heavy atom. The van der Waals surface area contributed by atoms with E-state index in [0.717, 1.165) is 30.7 Å². The van der Waals surface area contributed by atoms with Crippen molar-refractivity contribution >= 4 is 5.91 Å². The summed E-state index contributed by atoms with van der Waals surface area (Å²) >= 11 is 0. The summed E-state index contributed by atoms with van der Waals surface area (Å²) < 4.78 is 15.7. The van der Waals surface area contributed by atoms with Gasteiger partial charge < -0.3 is 18.9 Å². The molecule has 1 aromatic carbocycles. The summed E-state index contributed by atoms with van der Waals surface area (Å²) in [6.45, 7) is 1.72. The second kappa shape index (κ2) is 8.62. The van der Waals surface area contributed by atoms with Crippen molar-refractivity contribution in [1.29, 1.82) is 0 Å². The minimum Gasteiger partial charge on any atom is -0.497 e. The van der Waals surface area contributed by atoms with Crippen LogP contribution in [-0.4, -0.2) is 47.3 Å². The molecule has 1 aliphatic heterocycles. The number of aromatic nitrogens is 2. The molecule has 7 nitrogen and oxygen atoms in total. The number of aryl methyl sites for hydroxylation is 1. The first-order valence-electron chi connectivity index (χ1n) is 8.52. The number of likely N-dealkylation sites (tertiary alicyclic amines) is 1. The maximum absolute atomic E-state index is 12.5. The van der Waals surface area contributed by atoms with Gasteiger partial charge in [-0.05, 0) is 37.0 Å². The van der Waals surface area contributed by atoms with E-state index in [-0.39, 0.29) is 12.0 Å². The Bertz CT molecular complexity index is 675. The summed E-state index contributed by atoms with van der Waals surface area (Å²) in [5.74, 6) is 1.51. The van der Waals surface area contributed by atoms with E-state index in [2.05, 4.69) is 14.7 Å². The number of hydrogen-bond acceptors (Lipinski definition) is 6. The van der Waals surface area contributed by atoms with Crippen molar-refractivity contribution in [3.8, 4) is 5.75 Å². The van der Waals surface area contributed by atoms with Gasteiger partial charge in [0.2, 0.25) is 12.3 Å². The molecule has 3 rings (SSSR count). The lowest BCUT2D eigenvalue weighted by Gasteiger charge is -2.32. The Morgan fingerprint density at radius 3 is 3.16 bits per heavy atom. The molecule has 25 heavy (non-hydrogen) atoms. The normalized spacial score (nSPS) is 17.5. The van der Waals surface area contributed by atoms with Crippen molar-refractivity contribution in [3.63, 3.8) is 0 Å². The molecular formula is C18H23N3O4. The topological polar surface area (TPSA) is 77.7 Å². The van der Waals surface area contributed by atoms with Gasteiger partial charge in [-0.2, -0.15) is 4.98 Å². The van der Waals surface area contributed by atoms with Crippen molar-refractivity contribution in [1.82, 2.24) is 15.0 Å². The third kappa shape index (κ3) is 5.03. The summed E-state index contributed by atoms with van der Waals surface area (Å²) in [5.41, 5.74) is 1.11. The standard InChI is InChI=1S/C18H23N3O4/c1-23-15-5-2-4-14(10-15)7-8-18(22)21-9-3-6-16(11-21)24-12-17-19-13-25-20-17/h2,4-5,10,13,16H,3,6-9,11-12H2,1H3. The minimum atomic E-state index is 0.0213. The van der Waals surface area contributed by atoms with Crippen LogP contribution in [0.4, 0.5) is 0 Å². The van der Waals surface area contributed by atoms with Gasteiger partial charge in [-0.1, -0.05) is 17.3 Å². The van der Waals surface area contributed by atoms with E-state index in [1.54, 1.807) is 7.11 Å². The van der Waals surface area contributed by atoms with Crippen molar-refractivity contribution in [2.45, 2.75) is 38.4 Å². The second-order valence-corrected chi connectivity index (χ2v) is 6.11. The quantitative estimate of drug-likeness (QED) is 0.766. The molecule has 1 unspecified atom stereocenters. The molecule has 1 amide bonds. The van der Waals surface area contributed by atoms with Gasteiger partial charge in [0.1, 0.15) is 12.4 Å². The predicted molar refractivity (Wildman–Crippen MR) is 90.0 cm³/mol. The summed E-state index contributed by atoms with van der Waals surface area (Å²) in [5, 5.41) is 3.73. The van der Waals surface area contributed by atoms with Crippen LogP contribution in [0.1, 0.15) is 30.7 Å². The van der Waals surface area contributed by atoms with Gasteiger partial charge in [-0.15, -0.1) is 0 Å². The lowest BCUT2D eigenvalue weighted by atomic mass is 10.1. The summed E-state index contributed by atoms with van der Waals surface area (Å²) in [6.07, 6.45) is 4.40. The highest BCUT2D eigenvalue weighted by molar-refractivity contribution is 5.76. The summed E-state index contributed by atoms with van der Waals surface area (Å²) in [7, 11) is 1.65. The van der Waals surface area contributed by atoms with Gasteiger partial charge >= 0.3 is 0 Å². The largest absolute Gasteiger partial charge is 0.497 e. The van der Waals surface area contributed by atoms with Crippen LogP contribution in [0.2, 0.25) is 0 Å². The molecular weight excluding hydrogens is 322 g/mol.